The number of pyridine rings is 1. The Morgan fingerprint density at radius 1 is 1.32 bits per heavy atom. The van der Waals surface area contributed by atoms with Gasteiger partial charge in [0, 0.05) is 36.8 Å². The molecule has 5 N–H and O–H groups in total. The van der Waals surface area contributed by atoms with Gasteiger partial charge in [0.25, 0.3) is 5.91 Å². The Morgan fingerprint density at radius 3 is 2.68 bits per heavy atom. The smallest absolute Gasteiger partial charge is 0.255 e. The van der Waals surface area contributed by atoms with Crippen LogP contribution in [0.25, 0.3) is 5.57 Å². The number of allylic oxidation sites excluding steroid dienone is 1. The fraction of sp³-hybridized carbons (Fsp3) is 0.286. The number of aromatic nitrogens is 1. The van der Waals surface area contributed by atoms with Gasteiger partial charge in [-0.15, -0.1) is 0 Å². The molecule has 0 bridgehead atoms. The maximum absolute atomic E-state index is 12.8. The van der Waals surface area contributed by atoms with Gasteiger partial charge in [0.15, 0.2) is 0 Å². The topological polar surface area (TPSA) is 113 Å². The Bertz CT molecular complexity index is 847. The molecule has 2 rings (SSSR count). The van der Waals surface area contributed by atoms with Gasteiger partial charge in [0.2, 0.25) is 0 Å². The molecule has 1 amide bonds. The van der Waals surface area contributed by atoms with Gasteiger partial charge < -0.3 is 26.5 Å². The Labute approximate surface area is 165 Å². The number of rotatable bonds is 9. The van der Waals surface area contributed by atoms with Crippen LogP contribution in [0.3, 0.4) is 0 Å². The predicted molar refractivity (Wildman–Crippen MR) is 112 cm³/mol. The molecule has 0 radical (unpaired) electrons. The first-order valence-corrected chi connectivity index (χ1v) is 8.94. The molecule has 148 valence electrons. The summed E-state index contributed by atoms with van der Waals surface area (Å²) in [6, 6.07) is 11.5. The van der Waals surface area contributed by atoms with Crippen molar-refractivity contribution in [2.45, 2.75) is 26.0 Å². The van der Waals surface area contributed by atoms with Crippen molar-refractivity contribution in [3.8, 4) is 0 Å². The van der Waals surface area contributed by atoms with E-state index in [4.69, 9.17) is 15.9 Å². The average Bonchev–Trinajstić information content (AvgIpc) is 2.67. The van der Waals surface area contributed by atoms with E-state index < -0.39 is 5.54 Å². The second-order valence-corrected chi connectivity index (χ2v) is 7.01. The first kappa shape index (κ1) is 21.1. The number of anilines is 1. The van der Waals surface area contributed by atoms with Crippen LogP contribution in [0.4, 0.5) is 5.82 Å². The molecule has 0 saturated carbocycles. The number of nitrogens with one attached hydrogen (secondary N) is 3. The lowest BCUT2D eigenvalue weighted by Crippen LogP contribution is -2.47. The van der Waals surface area contributed by atoms with Gasteiger partial charge >= 0.3 is 0 Å². The molecule has 0 unspecified atom stereocenters. The Morgan fingerprint density at radius 2 is 2.04 bits per heavy atom. The third-order valence-electron chi connectivity index (χ3n) is 3.98. The number of benzene rings is 1. The maximum Gasteiger partial charge on any atom is 0.255 e. The molecule has 7 heteroatoms. The van der Waals surface area contributed by atoms with E-state index in [2.05, 4.69) is 15.6 Å². The van der Waals surface area contributed by atoms with Crippen LogP contribution < -0.4 is 16.4 Å². The summed E-state index contributed by atoms with van der Waals surface area (Å²) < 4.78 is 5.75. The number of hydrogen-bond acceptors (Lipinski definition) is 6. The molecule has 1 aromatic heterocycles. The number of hydrogen-bond donors (Lipinski definition) is 4. The monoisotopic (exact) mass is 381 g/mol. The minimum Gasteiger partial charge on any atom is -0.393 e. The van der Waals surface area contributed by atoms with Crippen LogP contribution in [0.1, 0.15) is 35.3 Å². The van der Waals surface area contributed by atoms with E-state index >= 15 is 0 Å². The summed E-state index contributed by atoms with van der Waals surface area (Å²) in [5, 5.41) is 13.3. The lowest BCUT2D eigenvalue weighted by Gasteiger charge is -2.26. The van der Waals surface area contributed by atoms with Crippen molar-refractivity contribution >= 4 is 23.5 Å². The van der Waals surface area contributed by atoms with Crippen molar-refractivity contribution in [3.05, 3.63) is 65.5 Å². The van der Waals surface area contributed by atoms with Crippen molar-refractivity contribution in [2.75, 3.05) is 19.4 Å². The van der Waals surface area contributed by atoms with Gasteiger partial charge in [-0.05, 0) is 25.5 Å². The van der Waals surface area contributed by atoms with Gasteiger partial charge in [-0.1, -0.05) is 30.3 Å². The maximum atomic E-state index is 12.8. The molecule has 7 nitrogen and oxygen atoms in total. The summed E-state index contributed by atoms with van der Waals surface area (Å²) in [7, 11) is 1.74. The molecule has 2 aromatic rings. The van der Waals surface area contributed by atoms with E-state index in [-0.39, 0.29) is 17.3 Å². The third-order valence-corrected chi connectivity index (χ3v) is 3.98. The highest BCUT2D eigenvalue weighted by atomic mass is 16.5. The van der Waals surface area contributed by atoms with Gasteiger partial charge in [-0.25, -0.2) is 4.98 Å². The summed E-state index contributed by atoms with van der Waals surface area (Å²) in [6.07, 6.45) is 4.38. The van der Waals surface area contributed by atoms with Crippen molar-refractivity contribution in [1.29, 1.82) is 5.41 Å². The molecule has 0 atom stereocenters. The first-order valence-electron chi connectivity index (χ1n) is 8.94. The SMILES string of the molecule is CN/C=C(\C=N)c1cnc(N)c(C(=O)NC(C)(C)COCc2ccccc2)c1. The lowest BCUT2D eigenvalue weighted by atomic mass is 10.0. The number of amides is 1. The van der Waals surface area contributed by atoms with E-state index in [1.807, 2.05) is 44.2 Å². The molecule has 0 saturated heterocycles. The summed E-state index contributed by atoms with van der Waals surface area (Å²) >= 11 is 0. The van der Waals surface area contributed by atoms with Gasteiger partial charge in [0.1, 0.15) is 5.82 Å². The van der Waals surface area contributed by atoms with Crippen LogP contribution in [-0.4, -0.2) is 36.3 Å². The molecule has 1 aromatic carbocycles. The van der Waals surface area contributed by atoms with Crippen LogP contribution in [0.2, 0.25) is 0 Å². The molecule has 0 spiro atoms. The summed E-state index contributed by atoms with van der Waals surface area (Å²) in [4.78, 5) is 16.9. The zero-order chi connectivity index (χ0) is 20.6. The molecule has 1 heterocycles. The van der Waals surface area contributed by atoms with Crippen LogP contribution in [0.15, 0.2) is 48.8 Å². The summed E-state index contributed by atoms with van der Waals surface area (Å²) in [6.45, 7) is 4.57. The molecule has 0 aliphatic heterocycles. The number of nitrogens with zero attached hydrogens (tertiary/aromatic N) is 1. The largest absolute Gasteiger partial charge is 0.393 e. The van der Waals surface area contributed by atoms with Crippen molar-refractivity contribution in [1.82, 2.24) is 15.6 Å². The lowest BCUT2D eigenvalue weighted by molar-refractivity contribution is 0.0617. The number of nitrogen functional groups attached to an aromatic ring is 1. The molecular weight excluding hydrogens is 354 g/mol. The molecule has 0 aliphatic rings. The quantitative estimate of drug-likeness (QED) is 0.499. The highest BCUT2D eigenvalue weighted by Crippen LogP contribution is 2.18. The first-order chi connectivity index (χ1) is 13.4. The molecule has 0 fully saturated rings. The van der Waals surface area contributed by atoms with Gasteiger partial charge in [-0.2, -0.15) is 0 Å². The highest BCUT2D eigenvalue weighted by Gasteiger charge is 2.23. The second kappa shape index (κ2) is 9.66. The Kier molecular flexibility index (Phi) is 7.28. The van der Waals surface area contributed by atoms with E-state index in [1.54, 1.807) is 19.3 Å². The van der Waals surface area contributed by atoms with Crippen molar-refractivity contribution in [3.63, 3.8) is 0 Å². The number of nitrogens with two attached hydrogens (primary N) is 1. The summed E-state index contributed by atoms with van der Waals surface area (Å²) in [5.74, 6) is -0.204. The van der Waals surface area contributed by atoms with Crippen LogP contribution >= 0.6 is 0 Å². The van der Waals surface area contributed by atoms with E-state index in [1.165, 1.54) is 12.4 Å². The van der Waals surface area contributed by atoms with E-state index in [0.717, 1.165) is 5.56 Å². The zero-order valence-electron chi connectivity index (χ0n) is 16.5. The molecule has 0 aliphatic carbocycles. The number of carbonyl (C=O) groups excluding carboxylic acids is 1. The third kappa shape index (κ3) is 5.92. The Hall–Kier alpha value is -3.19. The van der Waals surface area contributed by atoms with Crippen LogP contribution in [0, 0.1) is 5.41 Å². The molecule has 28 heavy (non-hydrogen) atoms. The number of ether oxygens (including phenoxy) is 1. The second-order valence-electron chi connectivity index (χ2n) is 7.01. The van der Waals surface area contributed by atoms with E-state index in [0.29, 0.717) is 24.4 Å². The predicted octanol–water partition coefficient (Wildman–Crippen LogP) is 2.60. The average molecular weight is 381 g/mol. The zero-order valence-corrected chi connectivity index (χ0v) is 16.5. The highest BCUT2D eigenvalue weighted by molar-refractivity contribution is 6.09. The van der Waals surface area contributed by atoms with Gasteiger partial charge in [0.05, 0.1) is 24.3 Å². The van der Waals surface area contributed by atoms with Crippen molar-refractivity contribution in [2.24, 2.45) is 0 Å². The van der Waals surface area contributed by atoms with Crippen LogP contribution in [0.5, 0.6) is 0 Å². The molecular formula is C21H27N5O2. The standard InChI is InChI=1S/C21H27N5O2/c1-21(2,14-28-13-15-7-5-4-6-8-15)26-20(27)18-9-16(12-25-19(18)23)17(10-22)11-24-3/h4-12,22,24H,13-14H2,1-3H3,(H2,23,25)(H,26,27)/b17-11+,22-10?. The van der Waals surface area contributed by atoms with Crippen molar-refractivity contribution < 1.29 is 9.53 Å². The normalized spacial score (nSPS) is 11.8. The number of carbonyl (C=O) groups is 1. The fourth-order valence-electron chi connectivity index (χ4n) is 2.59. The fourth-order valence-corrected chi connectivity index (χ4v) is 2.59. The van der Waals surface area contributed by atoms with Crippen LogP contribution in [-0.2, 0) is 11.3 Å². The summed E-state index contributed by atoms with van der Waals surface area (Å²) in [5.41, 5.74) is 7.86. The van der Waals surface area contributed by atoms with E-state index in [9.17, 15) is 4.79 Å². The van der Waals surface area contributed by atoms with Gasteiger partial charge in [-0.3, -0.25) is 4.79 Å². The minimum absolute atomic E-state index is 0.135. The Balaban J connectivity index is 2.06. The minimum atomic E-state index is -0.598.